The van der Waals surface area contributed by atoms with E-state index >= 15 is 0 Å². The summed E-state index contributed by atoms with van der Waals surface area (Å²) in [5.41, 5.74) is 15.9. The van der Waals surface area contributed by atoms with Crippen molar-refractivity contribution in [3.8, 4) is 11.1 Å². The molecule has 0 saturated carbocycles. The quantitative estimate of drug-likeness (QED) is 0.716. The van der Waals surface area contributed by atoms with Crippen molar-refractivity contribution < 1.29 is 4.42 Å². The highest BCUT2D eigenvalue weighted by atomic mass is 79.9. The SMILES string of the molecule is Cc1ccc(-c2cncc3oc(N)c(N)c23)cc1Br. The van der Waals surface area contributed by atoms with Crippen molar-refractivity contribution in [1.29, 1.82) is 0 Å². The summed E-state index contributed by atoms with van der Waals surface area (Å²) in [6.45, 7) is 2.04. The first-order valence-corrected chi connectivity index (χ1v) is 6.55. The first-order chi connectivity index (χ1) is 9.08. The molecule has 0 fully saturated rings. The lowest BCUT2D eigenvalue weighted by Gasteiger charge is -2.05. The first-order valence-electron chi connectivity index (χ1n) is 5.76. The van der Waals surface area contributed by atoms with E-state index in [1.807, 2.05) is 25.1 Å². The van der Waals surface area contributed by atoms with Crippen molar-refractivity contribution in [3.05, 3.63) is 40.6 Å². The van der Waals surface area contributed by atoms with E-state index in [0.29, 0.717) is 11.3 Å². The molecule has 96 valence electrons. The number of nitrogens with zero attached hydrogens (tertiary/aromatic N) is 1. The molecule has 0 spiro atoms. The number of nitrogen functional groups attached to an aromatic ring is 2. The molecular weight excluding hydrogens is 306 g/mol. The highest BCUT2D eigenvalue weighted by Crippen LogP contribution is 2.38. The summed E-state index contributed by atoms with van der Waals surface area (Å²) >= 11 is 3.53. The van der Waals surface area contributed by atoms with Gasteiger partial charge >= 0.3 is 0 Å². The van der Waals surface area contributed by atoms with Crippen LogP contribution in [0, 0.1) is 6.92 Å². The standard InChI is InChI=1S/C14H12BrN3O/c1-7-2-3-8(4-10(7)15)9-5-18-6-11-12(9)13(16)14(17)19-11/h2-6H,16-17H2,1H3. The predicted molar refractivity (Wildman–Crippen MR) is 80.7 cm³/mol. The zero-order valence-electron chi connectivity index (χ0n) is 10.3. The second kappa shape index (κ2) is 4.28. The van der Waals surface area contributed by atoms with Gasteiger partial charge in [0, 0.05) is 16.2 Å². The minimum Gasteiger partial charge on any atom is -0.437 e. The molecule has 0 radical (unpaired) electrons. The van der Waals surface area contributed by atoms with E-state index in [-0.39, 0.29) is 5.88 Å². The Morgan fingerprint density at radius 2 is 2.00 bits per heavy atom. The zero-order chi connectivity index (χ0) is 13.6. The van der Waals surface area contributed by atoms with Gasteiger partial charge in [-0.25, -0.2) is 0 Å². The van der Waals surface area contributed by atoms with Crippen LogP contribution in [0.2, 0.25) is 0 Å². The second-order valence-electron chi connectivity index (χ2n) is 4.40. The average Bonchev–Trinajstić information content (AvgIpc) is 2.69. The highest BCUT2D eigenvalue weighted by Gasteiger charge is 2.14. The Bertz CT molecular complexity index is 780. The lowest BCUT2D eigenvalue weighted by atomic mass is 10.0. The van der Waals surface area contributed by atoms with Crippen LogP contribution < -0.4 is 11.5 Å². The second-order valence-corrected chi connectivity index (χ2v) is 5.26. The number of halogens is 1. The van der Waals surface area contributed by atoms with E-state index in [9.17, 15) is 0 Å². The molecule has 1 aromatic carbocycles. The Hall–Kier alpha value is -2.01. The van der Waals surface area contributed by atoms with Gasteiger partial charge in [0.1, 0.15) is 5.69 Å². The number of fused-ring (bicyclic) bond motifs is 1. The maximum atomic E-state index is 5.99. The van der Waals surface area contributed by atoms with E-state index < -0.39 is 0 Å². The third-order valence-electron chi connectivity index (χ3n) is 3.15. The minimum absolute atomic E-state index is 0.232. The van der Waals surface area contributed by atoms with Gasteiger partial charge in [0.25, 0.3) is 0 Å². The fourth-order valence-corrected chi connectivity index (χ4v) is 2.45. The van der Waals surface area contributed by atoms with E-state index in [2.05, 4.69) is 20.9 Å². The van der Waals surface area contributed by atoms with Gasteiger partial charge in [-0.1, -0.05) is 28.1 Å². The number of furan rings is 1. The summed E-state index contributed by atoms with van der Waals surface area (Å²) in [6.07, 6.45) is 3.39. The van der Waals surface area contributed by atoms with E-state index in [1.54, 1.807) is 12.4 Å². The zero-order valence-corrected chi connectivity index (χ0v) is 11.9. The predicted octanol–water partition coefficient (Wildman–Crippen LogP) is 3.73. The summed E-state index contributed by atoms with van der Waals surface area (Å²) < 4.78 is 6.43. The molecule has 0 saturated heterocycles. The van der Waals surface area contributed by atoms with Crippen LogP contribution in [0.5, 0.6) is 0 Å². The summed E-state index contributed by atoms with van der Waals surface area (Å²) in [5, 5.41) is 0.809. The number of benzene rings is 1. The number of anilines is 2. The first kappa shape index (κ1) is 12.0. The number of rotatable bonds is 1. The topological polar surface area (TPSA) is 78.1 Å². The van der Waals surface area contributed by atoms with Gasteiger partial charge in [-0.3, -0.25) is 4.98 Å². The fourth-order valence-electron chi connectivity index (χ4n) is 2.07. The van der Waals surface area contributed by atoms with Crippen LogP contribution in [0.25, 0.3) is 22.1 Å². The molecule has 0 aliphatic heterocycles. The van der Waals surface area contributed by atoms with E-state index in [1.165, 1.54) is 5.56 Å². The van der Waals surface area contributed by atoms with E-state index in [4.69, 9.17) is 15.9 Å². The van der Waals surface area contributed by atoms with Crippen molar-refractivity contribution in [2.24, 2.45) is 0 Å². The molecule has 2 aromatic heterocycles. The molecule has 4 nitrogen and oxygen atoms in total. The minimum atomic E-state index is 0.232. The molecule has 0 aliphatic rings. The molecule has 0 unspecified atom stereocenters. The normalized spacial score (nSPS) is 11.1. The lowest BCUT2D eigenvalue weighted by molar-refractivity contribution is 0.637. The van der Waals surface area contributed by atoms with Crippen LogP contribution in [0.15, 0.2) is 39.5 Å². The fraction of sp³-hybridized carbons (Fsp3) is 0.0714. The highest BCUT2D eigenvalue weighted by molar-refractivity contribution is 9.10. The van der Waals surface area contributed by atoms with Crippen molar-refractivity contribution in [3.63, 3.8) is 0 Å². The largest absolute Gasteiger partial charge is 0.437 e. The van der Waals surface area contributed by atoms with Crippen LogP contribution in [0.4, 0.5) is 11.6 Å². The Morgan fingerprint density at radius 3 is 2.74 bits per heavy atom. The van der Waals surface area contributed by atoms with Gasteiger partial charge in [-0.2, -0.15) is 0 Å². The van der Waals surface area contributed by atoms with Crippen LogP contribution in [0.3, 0.4) is 0 Å². The van der Waals surface area contributed by atoms with Gasteiger partial charge in [0.05, 0.1) is 11.6 Å². The Balaban J connectivity index is 2.33. The summed E-state index contributed by atoms with van der Waals surface area (Å²) in [5.74, 6) is 0.232. The van der Waals surface area contributed by atoms with Crippen LogP contribution >= 0.6 is 15.9 Å². The molecular formula is C14H12BrN3O. The molecule has 0 amide bonds. The number of nitrogens with two attached hydrogens (primary N) is 2. The molecule has 4 N–H and O–H groups in total. The van der Waals surface area contributed by atoms with Crippen molar-refractivity contribution in [2.75, 3.05) is 11.5 Å². The van der Waals surface area contributed by atoms with Crippen LogP contribution in [-0.4, -0.2) is 4.98 Å². The van der Waals surface area contributed by atoms with Crippen LogP contribution in [0.1, 0.15) is 5.56 Å². The number of hydrogen-bond donors (Lipinski definition) is 2. The van der Waals surface area contributed by atoms with Gasteiger partial charge < -0.3 is 15.9 Å². The number of hydrogen-bond acceptors (Lipinski definition) is 4. The van der Waals surface area contributed by atoms with E-state index in [0.717, 1.165) is 21.0 Å². The Labute approximate surface area is 118 Å². The van der Waals surface area contributed by atoms with Gasteiger partial charge in [0.15, 0.2) is 5.58 Å². The number of aromatic nitrogens is 1. The number of aryl methyl sites for hydroxylation is 1. The maximum absolute atomic E-state index is 5.99. The van der Waals surface area contributed by atoms with Crippen LogP contribution in [-0.2, 0) is 0 Å². The molecule has 2 heterocycles. The van der Waals surface area contributed by atoms with Crippen molar-refractivity contribution in [1.82, 2.24) is 4.98 Å². The van der Waals surface area contributed by atoms with Crippen molar-refractivity contribution >= 4 is 38.5 Å². The average molecular weight is 318 g/mol. The monoisotopic (exact) mass is 317 g/mol. The Morgan fingerprint density at radius 1 is 1.21 bits per heavy atom. The molecule has 0 bridgehead atoms. The molecule has 19 heavy (non-hydrogen) atoms. The van der Waals surface area contributed by atoms with Gasteiger partial charge in [-0.05, 0) is 24.1 Å². The molecule has 0 aliphatic carbocycles. The van der Waals surface area contributed by atoms with Gasteiger partial charge in [0.2, 0.25) is 5.88 Å². The summed E-state index contributed by atoms with van der Waals surface area (Å²) in [7, 11) is 0. The molecule has 0 atom stereocenters. The third-order valence-corrected chi connectivity index (χ3v) is 4.00. The lowest BCUT2D eigenvalue weighted by Crippen LogP contribution is -1.91. The molecule has 5 heteroatoms. The van der Waals surface area contributed by atoms with Crippen molar-refractivity contribution in [2.45, 2.75) is 6.92 Å². The molecule has 3 aromatic rings. The smallest absolute Gasteiger partial charge is 0.214 e. The summed E-state index contributed by atoms with van der Waals surface area (Å²) in [6, 6.07) is 6.10. The molecule has 3 rings (SSSR count). The van der Waals surface area contributed by atoms with Gasteiger partial charge in [-0.15, -0.1) is 0 Å². The summed E-state index contributed by atoms with van der Waals surface area (Å²) in [4.78, 5) is 4.18. The number of pyridine rings is 1. The third kappa shape index (κ3) is 1.86. The maximum Gasteiger partial charge on any atom is 0.214 e. The Kier molecular flexibility index (Phi) is 2.71.